The number of thioether (sulfide) groups is 1. The highest BCUT2D eigenvalue weighted by Gasteiger charge is 2.33. The molecule has 0 unspecified atom stereocenters. The van der Waals surface area contributed by atoms with Crippen molar-refractivity contribution in [1.29, 1.82) is 0 Å². The number of rotatable bonds is 7. The first kappa shape index (κ1) is 21.8. The number of benzene rings is 2. The Balaban J connectivity index is 1.76. The van der Waals surface area contributed by atoms with Gasteiger partial charge in [0, 0.05) is 5.56 Å². The molecule has 156 valence electrons. The third-order valence-corrected chi connectivity index (χ3v) is 5.59. The lowest BCUT2D eigenvalue weighted by molar-refractivity contribution is -0.143. The van der Waals surface area contributed by atoms with Gasteiger partial charge in [-0.3, -0.25) is 14.5 Å². The molecule has 0 saturated carbocycles. The highest BCUT2D eigenvalue weighted by atomic mass is 32.2. The molecule has 2 aromatic carbocycles. The van der Waals surface area contributed by atoms with Crippen molar-refractivity contribution in [1.82, 2.24) is 4.90 Å². The molecule has 30 heavy (non-hydrogen) atoms. The van der Waals surface area contributed by atoms with E-state index in [4.69, 9.17) is 21.7 Å². The molecule has 0 bridgehead atoms. The quantitative estimate of drug-likeness (QED) is 0.364. The van der Waals surface area contributed by atoms with Crippen LogP contribution >= 0.6 is 24.0 Å². The average molecular weight is 448 g/mol. The van der Waals surface area contributed by atoms with Crippen LogP contribution in [0.1, 0.15) is 11.1 Å². The van der Waals surface area contributed by atoms with Crippen LogP contribution in [0.3, 0.4) is 0 Å². The van der Waals surface area contributed by atoms with Gasteiger partial charge in [0.15, 0.2) is 11.5 Å². The van der Waals surface area contributed by atoms with Crippen molar-refractivity contribution in [2.45, 2.75) is 6.61 Å². The van der Waals surface area contributed by atoms with Crippen LogP contribution in [0, 0.1) is 5.82 Å². The minimum atomic E-state index is -0.550. The third kappa shape index (κ3) is 4.98. The number of halogens is 1. The molecule has 9 heteroatoms. The molecule has 1 saturated heterocycles. The predicted molar refractivity (Wildman–Crippen MR) is 116 cm³/mol. The van der Waals surface area contributed by atoms with E-state index >= 15 is 0 Å². The fourth-order valence-corrected chi connectivity index (χ4v) is 3.90. The molecule has 1 heterocycles. The molecule has 1 aliphatic heterocycles. The van der Waals surface area contributed by atoms with E-state index in [-0.39, 0.29) is 29.2 Å². The monoisotopic (exact) mass is 447 g/mol. The van der Waals surface area contributed by atoms with E-state index in [0.717, 1.165) is 11.8 Å². The average Bonchev–Trinajstić information content (AvgIpc) is 3.00. The molecule has 3 rings (SSSR count). The normalized spacial score (nSPS) is 14.9. The number of nitrogens with zero attached hydrogens (tertiary/aromatic N) is 1. The molecule has 2 aromatic rings. The highest BCUT2D eigenvalue weighted by Crippen LogP contribution is 2.35. The van der Waals surface area contributed by atoms with Gasteiger partial charge in [0.2, 0.25) is 0 Å². The number of methoxy groups -OCH3 is 2. The number of amides is 1. The minimum absolute atomic E-state index is 0.0502. The summed E-state index contributed by atoms with van der Waals surface area (Å²) < 4.78 is 29.7. The molecule has 1 fully saturated rings. The second-order valence-electron chi connectivity index (χ2n) is 6.13. The first-order valence-corrected chi connectivity index (χ1v) is 10.0. The second kappa shape index (κ2) is 9.73. The van der Waals surface area contributed by atoms with Crippen LogP contribution in [-0.2, 0) is 20.9 Å². The summed E-state index contributed by atoms with van der Waals surface area (Å²) in [5.41, 5.74) is 1.11. The van der Waals surface area contributed by atoms with E-state index in [1.165, 1.54) is 25.2 Å². The zero-order chi connectivity index (χ0) is 21.7. The Hall–Kier alpha value is -2.91. The van der Waals surface area contributed by atoms with Crippen LogP contribution in [0.2, 0.25) is 0 Å². The van der Waals surface area contributed by atoms with E-state index in [9.17, 15) is 14.0 Å². The number of ether oxygens (including phenoxy) is 3. The van der Waals surface area contributed by atoms with Gasteiger partial charge in [0.05, 0.1) is 19.1 Å². The van der Waals surface area contributed by atoms with Crippen molar-refractivity contribution < 1.29 is 28.2 Å². The first-order valence-electron chi connectivity index (χ1n) is 8.79. The topological polar surface area (TPSA) is 65.1 Å². The summed E-state index contributed by atoms with van der Waals surface area (Å²) in [4.78, 5) is 25.6. The number of hydrogen-bond acceptors (Lipinski definition) is 7. The Bertz CT molecular complexity index is 1020. The van der Waals surface area contributed by atoms with E-state index in [2.05, 4.69) is 4.74 Å². The Kier molecular flexibility index (Phi) is 7.07. The van der Waals surface area contributed by atoms with Crippen LogP contribution in [0.4, 0.5) is 4.39 Å². The van der Waals surface area contributed by atoms with Crippen molar-refractivity contribution in [2.75, 3.05) is 20.8 Å². The van der Waals surface area contributed by atoms with Gasteiger partial charge < -0.3 is 14.2 Å². The van der Waals surface area contributed by atoms with Gasteiger partial charge in [-0.15, -0.1) is 0 Å². The van der Waals surface area contributed by atoms with E-state index in [0.29, 0.717) is 27.5 Å². The summed E-state index contributed by atoms with van der Waals surface area (Å²) >= 11 is 6.29. The summed E-state index contributed by atoms with van der Waals surface area (Å²) in [5, 5.41) is 0. The Morgan fingerprint density at radius 2 is 1.97 bits per heavy atom. The van der Waals surface area contributed by atoms with Gasteiger partial charge >= 0.3 is 5.97 Å². The molecule has 0 aliphatic carbocycles. The number of thiocarbonyl (C=S) groups is 1. The molecule has 0 N–H and O–H groups in total. The summed E-state index contributed by atoms with van der Waals surface area (Å²) in [6.07, 6.45) is 1.65. The third-order valence-electron chi connectivity index (χ3n) is 4.21. The molecule has 1 aliphatic rings. The maximum Gasteiger partial charge on any atom is 0.325 e. The minimum Gasteiger partial charge on any atom is -0.493 e. The lowest BCUT2D eigenvalue weighted by Gasteiger charge is -2.12. The fourth-order valence-electron chi connectivity index (χ4n) is 2.65. The Morgan fingerprint density at radius 1 is 1.20 bits per heavy atom. The van der Waals surface area contributed by atoms with E-state index in [1.807, 2.05) is 0 Å². The smallest absolute Gasteiger partial charge is 0.325 e. The zero-order valence-corrected chi connectivity index (χ0v) is 17.8. The lowest BCUT2D eigenvalue weighted by Crippen LogP contribution is -2.33. The van der Waals surface area contributed by atoms with Gasteiger partial charge in [0.1, 0.15) is 23.3 Å². The summed E-state index contributed by atoms with van der Waals surface area (Å²) in [7, 11) is 2.74. The molecular formula is C21H18FNO5S2. The number of carbonyl (C=O) groups is 2. The summed E-state index contributed by atoms with van der Waals surface area (Å²) in [5.74, 6) is -0.386. The number of hydrogen-bond donors (Lipinski definition) is 0. The molecule has 6 nitrogen and oxygen atoms in total. The van der Waals surface area contributed by atoms with E-state index in [1.54, 1.807) is 42.5 Å². The molecule has 0 atom stereocenters. The molecule has 0 aromatic heterocycles. The van der Waals surface area contributed by atoms with Gasteiger partial charge in [-0.2, -0.15) is 0 Å². The van der Waals surface area contributed by atoms with E-state index < -0.39 is 5.97 Å². The zero-order valence-electron chi connectivity index (χ0n) is 16.2. The van der Waals surface area contributed by atoms with Crippen LogP contribution in [-0.4, -0.2) is 41.9 Å². The highest BCUT2D eigenvalue weighted by molar-refractivity contribution is 8.26. The first-order chi connectivity index (χ1) is 14.4. The standard InChI is InChI=1S/C21H18FNO5S2/c1-26-17-9-13(7-8-16(17)28-12-14-5-3-4-6-15(14)22)10-18-20(25)23(21(29)30-18)11-19(24)27-2/h3-10H,11-12H2,1-2H3/b18-10-. The van der Waals surface area contributed by atoms with Gasteiger partial charge in [0.25, 0.3) is 5.91 Å². The Labute approximate surface area is 182 Å². The van der Waals surface area contributed by atoms with Gasteiger partial charge in [-0.1, -0.05) is 48.2 Å². The molecule has 0 spiro atoms. The van der Waals surface area contributed by atoms with Crippen LogP contribution in [0.25, 0.3) is 6.08 Å². The maximum atomic E-state index is 13.8. The number of esters is 1. The SMILES string of the molecule is COC(=O)CN1C(=O)/C(=C/c2ccc(OCc3ccccc3F)c(OC)c2)SC1=S. The molecular weight excluding hydrogens is 429 g/mol. The van der Waals surface area contributed by atoms with Crippen LogP contribution in [0.5, 0.6) is 11.5 Å². The molecule has 0 radical (unpaired) electrons. The van der Waals surface area contributed by atoms with Crippen molar-refractivity contribution in [3.8, 4) is 11.5 Å². The summed E-state index contributed by atoms with van der Waals surface area (Å²) in [6, 6.07) is 11.5. The van der Waals surface area contributed by atoms with Gasteiger partial charge in [-0.05, 0) is 29.8 Å². The largest absolute Gasteiger partial charge is 0.493 e. The maximum absolute atomic E-state index is 13.8. The van der Waals surface area contributed by atoms with Crippen molar-refractivity contribution in [3.05, 3.63) is 64.3 Å². The van der Waals surface area contributed by atoms with Crippen LogP contribution in [0.15, 0.2) is 47.4 Å². The summed E-state index contributed by atoms with van der Waals surface area (Å²) in [6.45, 7) is -0.181. The number of carbonyl (C=O) groups excluding carboxylic acids is 2. The second-order valence-corrected chi connectivity index (χ2v) is 7.81. The molecule has 1 amide bonds. The van der Waals surface area contributed by atoms with Crippen molar-refractivity contribution in [2.24, 2.45) is 0 Å². The van der Waals surface area contributed by atoms with Crippen molar-refractivity contribution >= 4 is 46.3 Å². The van der Waals surface area contributed by atoms with Gasteiger partial charge in [-0.25, -0.2) is 4.39 Å². The predicted octanol–water partition coefficient (Wildman–Crippen LogP) is 3.79. The lowest BCUT2D eigenvalue weighted by atomic mass is 10.1. The van der Waals surface area contributed by atoms with Crippen LogP contribution < -0.4 is 9.47 Å². The fraction of sp³-hybridized carbons (Fsp3) is 0.190. The Morgan fingerprint density at radius 3 is 2.67 bits per heavy atom. The van der Waals surface area contributed by atoms with Crippen molar-refractivity contribution in [3.63, 3.8) is 0 Å².